The van der Waals surface area contributed by atoms with Crippen LogP contribution in [0.25, 0.3) is 0 Å². The third kappa shape index (κ3) is 3.32. The molecule has 0 aliphatic rings. The summed E-state index contributed by atoms with van der Waals surface area (Å²) in [5, 5.41) is 9.95. The second kappa shape index (κ2) is 5.99. The van der Waals surface area contributed by atoms with E-state index in [1.165, 1.54) is 18.2 Å². The first-order chi connectivity index (χ1) is 8.99. The van der Waals surface area contributed by atoms with E-state index >= 15 is 0 Å². The van der Waals surface area contributed by atoms with E-state index in [2.05, 4.69) is 15.9 Å². The molecule has 0 aliphatic heterocycles. The molecule has 5 heteroatoms. The summed E-state index contributed by atoms with van der Waals surface area (Å²) in [7, 11) is 0. The zero-order chi connectivity index (χ0) is 14.0. The summed E-state index contributed by atoms with van der Waals surface area (Å²) in [5.74, 6) is -1.06. The summed E-state index contributed by atoms with van der Waals surface area (Å²) in [6.07, 6.45) is -0.959. The summed E-state index contributed by atoms with van der Waals surface area (Å²) < 4.78 is 27.4. The van der Waals surface area contributed by atoms with Crippen molar-refractivity contribution >= 4 is 27.5 Å². The van der Waals surface area contributed by atoms with Crippen LogP contribution in [0.4, 0.5) is 8.78 Å². The molecule has 0 saturated carbocycles. The van der Waals surface area contributed by atoms with E-state index in [4.69, 9.17) is 11.6 Å². The Labute approximate surface area is 123 Å². The Bertz CT molecular complexity index is 604. The van der Waals surface area contributed by atoms with Crippen LogP contribution >= 0.6 is 27.5 Å². The van der Waals surface area contributed by atoms with Crippen molar-refractivity contribution in [3.05, 3.63) is 68.7 Å². The van der Waals surface area contributed by atoms with Crippen LogP contribution < -0.4 is 0 Å². The lowest BCUT2D eigenvalue weighted by atomic mass is 10.0. The lowest BCUT2D eigenvalue weighted by Crippen LogP contribution is -2.05. The maximum Gasteiger partial charge on any atom is 0.148 e. The van der Waals surface area contributed by atoms with E-state index in [0.29, 0.717) is 10.0 Å². The first-order valence-electron chi connectivity index (χ1n) is 5.55. The highest BCUT2D eigenvalue weighted by molar-refractivity contribution is 9.10. The average molecular weight is 348 g/mol. The Hall–Kier alpha value is -0.970. The predicted molar refractivity (Wildman–Crippen MR) is 74.2 cm³/mol. The third-order valence-electron chi connectivity index (χ3n) is 2.74. The highest BCUT2D eigenvalue weighted by atomic mass is 79.9. The minimum atomic E-state index is -1.08. The van der Waals surface area contributed by atoms with E-state index < -0.39 is 11.9 Å². The molecule has 0 spiro atoms. The van der Waals surface area contributed by atoms with Crippen molar-refractivity contribution in [3.8, 4) is 0 Å². The fourth-order valence-corrected chi connectivity index (χ4v) is 2.27. The molecule has 0 aliphatic carbocycles. The van der Waals surface area contributed by atoms with Gasteiger partial charge in [-0.15, -0.1) is 0 Å². The molecule has 1 unspecified atom stereocenters. The molecular weight excluding hydrogens is 338 g/mol. The van der Waals surface area contributed by atoms with Gasteiger partial charge in [0.1, 0.15) is 11.6 Å². The molecule has 0 fully saturated rings. The molecule has 2 aromatic carbocycles. The second-order valence-electron chi connectivity index (χ2n) is 4.11. The van der Waals surface area contributed by atoms with E-state index in [1.54, 1.807) is 18.2 Å². The van der Waals surface area contributed by atoms with Crippen molar-refractivity contribution < 1.29 is 13.9 Å². The standard InChI is InChI=1S/C14H10BrClF2O/c15-11-5-4-10(14(18)13(11)16)12(19)7-8-2-1-3-9(17)6-8/h1-6,12,19H,7H2. The maximum atomic E-state index is 13.9. The van der Waals surface area contributed by atoms with Crippen molar-refractivity contribution in [2.75, 3.05) is 0 Å². The number of hydrogen-bond acceptors (Lipinski definition) is 1. The SMILES string of the molecule is OC(Cc1cccc(F)c1)c1ccc(Br)c(Cl)c1F. The summed E-state index contributed by atoms with van der Waals surface area (Å²) in [5.41, 5.74) is 0.684. The number of aliphatic hydroxyl groups excluding tert-OH is 1. The lowest BCUT2D eigenvalue weighted by molar-refractivity contribution is 0.173. The molecule has 0 radical (unpaired) electrons. The molecule has 0 heterocycles. The van der Waals surface area contributed by atoms with Crippen LogP contribution in [-0.2, 0) is 6.42 Å². The average Bonchev–Trinajstić information content (AvgIpc) is 2.36. The first-order valence-corrected chi connectivity index (χ1v) is 6.72. The van der Waals surface area contributed by atoms with Crippen LogP contribution in [0.5, 0.6) is 0 Å². The molecule has 1 N–H and O–H groups in total. The molecule has 1 nitrogen and oxygen atoms in total. The largest absolute Gasteiger partial charge is 0.388 e. The van der Waals surface area contributed by atoms with Crippen LogP contribution in [0, 0.1) is 11.6 Å². The van der Waals surface area contributed by atoms with Crippen molar-refractivity contribution in [2.24, 2.45) is 0 Å². The number of hydrogen-bond donors (Lipinski definition) is 1. The van der Waals surface area contributed by atoms with Gasteiger partial charge in [-0.25, -0.2) is 8.78 Å². The van der Waals surface area contributed by atoms with Crippen LogP contribution in [0.3, 0.4) is 0 Å². The highest BCUT2D eigenvalue weighted by Gasteiger charge is 2.17. The quantitative estimate of drug-likeness (QED) is 0.801. The van der Waals surface area contributed by atoms with Crippen LogP contribution in [0.15, 0.2) is 40.9 Å². The van der Waals surface area contributed by atoms with Crippen molar-refractivity contribution in [1.29, 1.82) is 0 Å². The summed E-state index contributed by atoms with van der Waals surface area (Å²) in [6, 6.07) is 8.85. The van der Waals surface area contributed by atoms with E-state index in [1.807, 2.05) is 0 Å². The van der Waals surface area contributed by atoms with Gasteiger partial charge in [0, 0.05) is 16.5 Å². The monoisotopic (exact) mass is 346 g/mol. The lowest BCUT2D eigenvalue weighted by Gasteiger charge is -2.13. The van der Waals surface area contributed by atoms with Gasteiger partial charge in [-0.05, 0) is 39.7 Å². The van der Waals surface area contributed by atoms with E-state index in [0.717, 1.165) is 0 Å². The van der Waals surface area contributed by atoms with Crippen molar-refractivity contribution in [1.82, 2.24) is 0 Å². The van der Waals surface area contributed by atoms with E-state index in [9.17, 15) is 13.9 Å². The van der Waals surface area contributed by atoms with Gasteiger partial charge in [-0.2, -0.15) is 0 Å². The fourth-order valence-electron chi connectivity index (χ4n) is 1.80. The van der Waals surface area contributed by atoms with Crippen molar-refractivity contribution in [2.45, 2.75) is 12.5 Å². The number of halogens is 4. The molecule has 2 aromatic rings. The molecule has 0 saturated heterocycles. The summed E-state index contributed by atoms with van der Waals surface area (Å²) in [4.78, 5) is 0. The molecule has 1 atom stereocenters. The minimum Gasteiger partial charge on any atom is -0.388 e. The smallest absolute Gasteiger partial charge is 0.148 e. The van der Waals surface area contributed by atoms with Gasteiger partial charge in [0.2, 0.25) is 0 Å². The predicted octanol–water partition coefficient (Wildman–Crippen LogP) is 4.66. The number of aliphatic hydroxyl groups is 1. The zero-order valence-electron chi connectivity index (χ0n) is 9.71. The van der Waals surface area contributed by atoms with Gasteiger partial charge < -0.3 is 5.11 Å². The summed E-state index contributed by atoms with van der Waals surface area (Å²) >= 11 is 8.86. The third-order valence-corrected chi connectivity index (χ3v) is 4.00. The minimum absolute atomic E-state index is 0.0733. The fraction of sp³-hybridized carbons (Fsp3) is 0.143. The van der Waals surface area contributed by atoms with Crippen LogP contribution in [0.2, 0.25) is 5.02 Å². The number of rotatable bonds is 3. The Morgan fingerprint density at radius 2 is 1.95 bits per heavy atom. The Morgan fingerprint density at radius 3 is 2.63 bits per heavy atom. The van der Waals surface area contributed by atoms with Gasteiger partial charge in [-0.3, -0.25) is 0 Å². The molecular formula is C14H10BrClF2O. The topological polar surface area (TPSA) is 20.2 Å². The van der Waals surface area contributed by atoms with Crippen LogP contribution in [0.1, 0.15) is 17.2 Å². The number of benzene rings is 2. The van der Waals surface area contributed by atoms with Crippen LogP contribution in [-0.4, -0.2) is 5.11 Å². The molecule has 2 rings (SSSR count). The van der Waals surface area contributed by atoms with Crippen molar-refractivity contribution in [3.63, 3.8) is 0 Å². The molecule has 0 amide bonds. The molecule has 0 aromatic heterocycles. The van der Waals surface area contributed by atoms with Gasteiger partial charge in [0.25, 0.3) is 0 Å². The summed E-state index contributed by atoms with van der Waals surface area (Å²) in [6.45, 7) is 0. The molecule has 0 bridgehead atoms. The van der Waals surface area contributed by atoms with E-state index in [-0.39, 0.29) is 22.8 Å². The normalized spacial score (nSPS) is 12.5. The van der Waals surface area contributed by atoms with Gasteiger partial charge >= 0.3 is 0 Å². The zero-order valence-corrected chi connectivity index (χ0v) is 12.0. The first kappa shape index (κ1) is 14.4. The van der Waals surface area contributed by atoms with Gasteiger partial charge in [0.15, 0.2) is 0 Å². The maximum absolute atomic E-state index is 13.9. The second-order valence-corrected chi connectivity index (χ2v) is 5.35. The van der Waals surface area contributed by atoms with Gasteiger partial charge in [-0.1, -0.05) is 29.8 Å². The Balaban J connectivity index is 2.25. The Kier molecular flexibility index (Phi) is 4.55. The molecule has 19 heavy (non-hydrogen) atoms. The van der Waals surface area contributed by atoms with Gasteiger partial charge in [0.05, 0.1) is 11.1 Å². The highest BCUT2D eigenvalue weighted by Crippen LogP contribution is 2.31. The Morgan fingerprint density at radius 1 is 1.21 bits per heavy atom. The molecule has 100 valence electrons.